The van der Waals surface area contributed by atoms with Gasteiger partial charge in [0.2, 0.25) is 5.88 Å². The highest BCUT2D eigenvalue weighted by molar-refractivity contribution is 6.37. The molecule has 0 radical (unpaired) electrons. The van der Waals surface area contributed by atoms with Gasteiger partial charge in [-0.25, -0.2) is 13.6 Å². The Morgan fingerprint density at radius 1 is 1.11 bits per heavy atom. The number of nitrogens with zero attached hydrogens (tertiary/aromatic N) is 1. The number of esters is 1. The zero-order valence-electron chi connectivity index (χ0n) is 18.1. The number of rotatable bonds is 5. The molecular formula is C25H16Cl2F2N2O4. The van der Waals surface area contributed by atoms with E-state index in [1.165, 1.54) is 30.3 Å². The first-order valence-electron chi connectivity index (χ1n) is 10.2. The molecule has 0 aliphatic carbocycles. The summed E-state index contributed by atoms with van der Waals surface area (Å²) in [5.74, 6) is -3.30. The maximum absolute atomic E-state index is 13.9. The van der Waals surface area contributed by atoms with Crippen molar-refractivity contribution in [3.8, 4) is 23.3 Å². The Kier molecular flexibility index (Phi) is 6.83. The lowest BCUT2D eigenvalue weighted by atomic mass is 9.83. The molecule has 0 saturated heterocycles. The van der Waals surface area contributed by atoms with E-state index >= 15 is 0 Å². The van der Waals surface area contributed by atoms with Gasteiger partial charge >= 0.3 is 5.97 Å². The van der Waals surface area contributed by atoms with E-state index in [1.807, 2.05) is 6.07 Å². The predicted molar refractivity (Wildman–Crippen MR) is 125 cm³/mol. The van der Waals surface area contributed by atoms with E-state index in [4.69, 9.17) is 43.1 Å². The van der Waals surface area contributed by atoms with Gasteiger partial charge in [-0.05, 0) is 42.8 Å². The molecule has 1 heterocycles. The lowest BCUT2D eigenvalue weighted by Crippen LogP contribution is -2.21. The highest BCUT2D eigenvalue weighted by Gasteiger charge is 2.31. The van der Waals surface area contributed by atoms with Crippen LogP contribution in [-0.2, 0) is 0 Å². The summed E-state index contributed by atoms with van der Waals surface area (Å²) in [4.78, 5) is 12.7. The Morgan fingerprint density at radius 2 is 1.83 bits per heavy atom. The molecule has 2 N–H and O–H groups in total. The molecule has 0 amide bonds. The fourth-order valence-corrected chi connectivity index (χ4v) is 4.26. The molecule has 0 aromatic heterocycles. The number of hydrogen-bond donors (Lipinski definition) is 1. The molecule has 3 aromatic rings. The summed E-state index contributed by atoms with van der Waals surface area (Å²) in [5, 5.41) is 9.90. The first-order chi connectivity index (χ1) is 16.7. The molecule has 0 bridgehead atoms. The summed E-state index contributed by atoms with van der Waals surface area (Å²) >= 11 is 12.3. The number of halogens is 4. The molecule has 178 valence electrons. The van der Waals surface area contributed by atoms with Gasteiger partial charge in [0.05, 0.1) is 28.1 Å². The van der Waals surface area contributed by atoms with E-state index < -0.39 is 23.5 Å². The van der Waals surface area contributed by atoms with Crippen molar-refractivity contribution >= 4 is 29.2 Å². The van der Waals surface area contributed by atoms with Crippen molar-refractivity contribution in [2.45, 2.75) is 12.8 Å². The Hall–Kier alpha value is -3.80. The molecule has 1 unspecified atom stereocenters. The van der Waals surface area contributed by atoms with Crippen LogP contribution in [-0.4, -0.2) is 12.6 Å². The highest BCUT2D eigenvalue weighted by atomic mass is 35.5. The first kappa shape index (κ1) is 24.3. The van der Waals surface area contributed by atoms with Crippen molar-refractivity contribution in [1.82, 2.24) is 0 Å². The molecule has 35 heavy (non-hydrogen) atoms. The fraction of sp³-hybridized carbons (Fsp3) is 0.120. The third-order valence-corrected chi connectivity index (χ3v) is 5.76. The van der Waals surface area contributed by atoms with Crippen molar-refractivity contribution in [3.05, 3.63) is 98.4 Å². The van der Waals surface area contributed by atoms with Crippen molar-refractivity contribution in [1.29, 1.82) is 5.26 Å². The molecule has 4 rings (SSSR count). The van der Waals surface area contributed by atoms with Gasteiger partial charge in [-0.2, -0.15) is 5.26 Å². The van der Waals surface area contributed by atoms with Crippen molar-refractivity contribution in [3.63, 3.8) is 0 Å². The molecule has 1 atom stereocenters. The second-order valence-electron chi connectivity index (χ2n) is 7.39. The molecule has 1 aliphatic rings. The standard InChI is InChI=1S/C25H16Cl2F2N2O4/c1-2-33-23-17(26)7-13(8-18(23)27)25(32)34-14-4-5-15-21(10-14)35-24(31)16(11-30)22(15)12-3-6-19(28)20(29)9-12/h3-10,22H,2,31H2,1H3. The van der Waals surface area contributed by atoms with Gasteiger partial charge in [-0.1, -0.05) is 35.3 Å². The second-order valence-corrected chi connectivity index (χ2v) is 8.20. The highest BCUT2D eigenvalue weighted by Crippen LogP contribution is 2.44. The van der Waals surface area contributed by atoms with E-state index in [0.29, 0.717) is 17.7 Å². The van der Waals surface area contributed by atoms with Crippen LogP contribution >= 0.6 is 23.2 Å². The maximum Gasteiger partial charge on any atom is 0.343 e. The minimum atomic E-state index is -1.07. The SMILES string of the molecule is CCOc1c(Cl)cc(C(=O)Oc2ccc3c(c2)OC(N)=C(C#N)C3c2ccc(F)c(F)c2)cc1Cl. The van der Waals surface area contributed by atoms with Crippen molar-refractivity contribution < 1.29 is 27.8 Å². The Morgan fingerprint density at radius 3 is 2.46 bits per heavy atom. The monoisotopic (exact) mass is 516 g/mol. The van der Waals surface area contributed by atoms with Gasteiger partial charge in [0.25, 0.3) is 0 Å². The zero-order valence-corrected chi connectivity index (χ0v) is 19.6. The number of hydrogen-bond acceptors (Lipinski definition) is 6. The second kappa shape index (κ2) is 9.82. The quantitative estimate of drug-likeness (QED) is 0.324. The largest absolute Gasteiger partial charge is 0.491 e. The van der Waals surface area contributed by atoms with Gasteiger partial charge < -0.3 is 19.9 Å². The summed E-state index contributed by atoms with van der Waals surface area (Å²) in [6, 6.07) is 12.4. The molecule has 6 nitrogen and oxygen atoms in total. The average molecular weight is 517 g/mol. The number of carbonyl (C=O) groups is 1. The van der Waals surface area contributed by atoms with Crippen LogP contribution < -0.4 is 19.9 Å². The molecular weight excluding hydrogens is 501 g/mol. The minimum Gasteiger partial charge on any atom is -0.491 e. The van der Waals surface area contributed by atoms with E-state index in [9.17, 15) is 18.8 Å². The number of carbonyl (C=O) groups excluding carboxylic acids is 1. The van der Waals surface area contributed by atoms with Crippen LogP contribution in [0.2, 0.25) is 10.0 Å². The van der Waals surface area contributed by atoms with Crippen LogP contribution in [0, 0.1) is 23.0 Å². The van der Waals surface area contributed by atoms with Crippen LogP contribution in [0.3, 0.4) is 0 Å². The number of ether oxygens (including phenoxy) is 3. The van der Waals surface area contributed by atoms with Crippen LogP contribution in [0.25, 0.3) is 0 Å². The van der Waals surface area contributed by atoms with Gasteiger partial charge in [0.15, 0.2) is 17.4 Å². The van der Waals surface area contributed by atoms with E-state index in [0.717, 1.165) is 12.1 Å². The summed E-state index contributed by atoms with van der Waals surface area (Å²) in [7, 11) is 0. The topological polar surface area (TPSA) is 94.6 Å². The fourth-order valence-electron chi connectivity index (χ4n) is 3.66. The Bertz CT molecular complexity index is 1400. The van der Waals surface area contributed by atoms with E-state index in [1.54, 1.807) is 13.0 Å². The summed E-state index contributed by atoms with van der Waals surface area (Å²) in [6.07, 6.45) is 0. The predicted octanol–water partition coefficient (Wildman–Crippen LogP) is 6.11. The number of fused-ring (bicyclic) bond motifs is 1. The molecule has 1 aliphatic heterocycles. The smallest absolute Gasteiger partial charge is 0.343 e. The zero-order chi connectivity index (χ0) is 25.3. The minimum absolute atomic E-state index is 0.0342. The molecule has 0 saturated carbocycles. The Balaban J connectivity index is 1.66. The molecule has 10 heteroatoms. The van der Waals surface area contributed by atoms with E-state index in [-0.39, 0.29) is 44.3 Å². The number of nitrogens with two attached hydrogens (primary N) is 1. The van der Waals surface area contributed by atoms with Gasteiger partial charge in [0.1, 0.15) is 23.1 Å². The van der Waals surface area contributed by atoms with Crippen molar-refractivity contribution in [2.75, 3.05) is 6.61 Å². The summed E-state index contributed by atoms with van der Waals surface area (Å²) in [5.41, 5.74) is 6.81. The van der Waals surface area contributed by atoms with Crippen LogP contribution in [0.15, 0.2) is 60.0 Å². The van der Waals surface area contributed by atoms with Crippen LogP contribution in [0.5, 0.6) is 17.2 Å². The Labute approximate surface area is 209 Å². The first-order valence-corrected chi connectivity index (χ1v) is 11.0. The van der Waals surface area contributed by atoms with E-state index in [2.05, 4.69) is 0 Å². The lowest BCUT2D eigenvalue weighted by Gasteiger charge is -2.26. The van der Waals surface area contributed by atoms with Gasteiger partial charge in [-0.3, -0.25) is 0 Å². The van der Waals surface area contributed by atoms with Gasteiger partial charge in [0, 0.05) is 11.6 Å². The summed E-state index contributed by atoms with van der Waals surface area (Å²) in [6.45, 7) is 2.11. The number of benzene rings is 3. The number of nitriles is 1. The van der Waals surface area contributed by atoms with Crippen molar-refractivity contribution in [2.24, 2.45) is 5.73 Å². The summed E-state index contributed by atoms with van der Waals surface area (Å²) < 4.78 is 43.7. The van der Waals surface area contributed by atoms with Crippen LogP contribution in [0.4, 0.5) is 8.78 Å². The number of allylic oxidation sites excluding steroid dienone is 1. The molecule has 0 fully saturated rings. The van der Waals surface area contributed by atoms with Crippen LogP contribution in [0.1, 0.15) is 34.3 Å². The normalized spacial score (nSPS) is 14.6. The maximum atomic E-state index is 13.9. The van der Waals surface area contributed by atoms with Gasteiger partial charge in [-0.15, -0.1) is 0 Å². The third kappa shape index (κ3) is 4.74. The average Bonchev–Trinajstić information content (AvgIpc) is 2.82. The molecule has 3 aromatic carbocycles. The molecule has 0 spiro atoms. The third-order valence-electron chi connectivity index (χ3n) is 5.20. The lowest BCUT2D eigenvalue weighted by molar-refractivity contribution is 0.0734.